The van der Waals surface area contributed by atoms with Crippen LogP contribution in [0.1, 0.15) is 50.8 Å². The number of amides is 2. The lowest BCUT2D eigenvalue weighted by molar-refractivity contribution is -0.147. The van der Waals surface area contributed by atoms with Gasteiger partial charge in [-0.25, -0.2) is 4.98 Å². The number of nitrogen functional groups attached to an aromatic ring is 1. The largest absolute Gasteiger partial charge is 0.427 e. The van der Waals surface area contributed by atoms with Crippen molar-refractivity contribution in [2.45, 2.75) is 46.6 Å². The van der Waals surface area contributed by atoms with Gasteiger partial charge in [-0.3, -0.25) is 14.4 Å². The van der Waals surface area contributed by atoms with Gasteiger partial charge in [0.05, 0.1) is 17.9 Å². The molecule has 0 bridgehead atoms. The number of hydrogen-bond acceptors (Lipinski definition) is 6. The number of nitrogens with one attached hydrogen (secondary N) is 1. The second-order valence-electron chi connectivity index (χ2n) is 8.69. The molecule has 1 aromatic carbocycles. The Bertz CT molecular complexity index is 1000. The van der Waals surface area contributed by atoms with Crippen molar-refractivity contribution < 1.29 is 19.1 Å². The van der Waals surface area contributed by atoms with Crippen LogP contribution in [0.4, 0.5) is 11.5 Å². The summed E-state index contributed by atoms with van der Waals surface area (Å²) in [5.41, 5.74) is 7.64. The van der Waals surface area contributed by atoms with Gasteiger partial charge in [-0.05, 0) is 54.5 Å². The van der Waals surface area contributed by atoms with Gasteiger partial charge < -0.3 is 20.7 Å². The zero-order chi connectivity index (χ0) is 22.8. The molecule has 2 heterocycles. The summed E-state index contributed by atoms with van der Waals surface area (Å²) in [7, 11) is 0. The summed E-state index contributed by atoms with van der Waals surface area (Å²) >= 11 is 0. The number of aromatic nitrogens is 1. The van der Waals surface area contributed by atoms with E-state index in [1.165, 1.54) is 13.1 Å². The number of benzene rings is 1. The molecule has 0 spiro atoms. The van der Waals surface area contributed by atoms with Gasteiger partial charge >= 0.3 is 17.8 Å². The van der Waals surface area contributed by atoms with E-state index in [4.69, 9.17) is 10.5 Å². The maximum Gasteiger partial charge on any atom is 0.313 e. The van der Waals surface area contributed by atoms with Crippen LogP contribution < -0.4 is 15.8 Å². The molecule has 1 aliphatic rings. The number of carbonyl (C=O) groups is 3. The first-order valence-corrected chi connectivity index (χ1v) is 10.2. The number of likely N-dealkylation sites (tertiary alicyclic amines) is 1. The standard InChI is InChI=1S/C23H28N4O4/c1-14-11-17(12-25-20(14)24)26-21(29)22(30)27-13-23(3,4)10-9-19(27)16-5-7-18(8-6-16)31-15(2)28/h5-8,11-12,19H,9-10,13H2,1-4H3,(H2,24,25)(H,26,29)/t19-/m0/s1. The summed E-state index contributed by atoms with van der Waals surface area (Å²) in [6.45, 7) is 7.74. The van der Waals surface area contributed by atoms with Crippen LogP contribution in [0, 0.1) is 12.3 Å². The minimum absolute atomic E-state index is 0.108. The maximum absolute atomic E-state index is 13.1. The van der Waals surface area contributed by atoms with E-state index in [-0.39, 0.29) is 11.5 Å². The zero-order valence-corrected chi connectivity index (χ0v) is 18.3. The number of anilines is 2. The molecule has 1 aromatic heterocycles. The third-order valence-corrected chi connectivity index (χ3v) is 5.43. The van der Waals surface area contributed by atoms with Crippen molar-refractivity contribution in [1.82, 2.24) is 9.88 Å². The SMILES string of the molecule is CC(=O)Oc1ccc([C@@H]2CCC(C)(C)CN2C(=O)C(=O)Nc2cnc(N)c(C)c2)cc1. The minimum atomic E-state index is -0.717. The van der Waals surface area contributed by atoms with E-state index in [9.17, 15) is 14.4 Å². The van der Waals surface area contributed by atoms with Gasteiger partial charge in [0.2, 0.25) is 0 Å². The lowest BCUT2D eigenvalue weighted by Crippen LogP contribution is -2.49. The maximum atomic E-state index is 13.1. The summed E-state index contributed by atoms with van der Waals surface area (Å²) < 4.78 is 5.09. The number of nitrogens with zero attached hydrogens (tertiary/aromatic N) is 2. The molecule has 3 N–H and O–H groups in total. The van der Waals surface area contributed by atoms with E-state index in [0.29, 0.717) is 23.8 Å². The molecule has 1 fully saturated rings. The summed E-state index contributed by atoms with van der Waals surface area (Å²) in [5, 5.41) is 2.63. The van der Waals surface area contributed by atoms with Crippen LogP contribution in [0.2, 0.25) is 0 Å². The highest BCUT2D eigenvalue weighted by atomic mass is 16.5. The lowest BCUT2D eigenvalue weighted by atomic mass is 9.79. The molecule has 2 amide bonds. The van der Waals surface area contributed by atoms with Crippen LogP contribution in [0.15, 0.2) is 36.5 Å². The molecule has 8 nitrogen and oxygen atoms in total. The van der Waals surface area contributed by atoms with Crippen molar-refractivity contribution in [3.8, 4) is 5.75 Å². The number of pyridine rings is 1. The van der Waals surface area contributed by atoms with Crippen molar-refractivity contribution in [3.63, 3.8) is 0 Å². The molecule has 1 atom stereocenters. The number of esters is 1. The quantitative estimate of drug-likeness (QED) is 0.444. The van der Waals surface area contributed by atoms with Gasteiger partial charge in [0.1, 0.15) is 11.6 Å². The molecule has 0 unspecified atom stereocenters. The van der Waals surface area contributed by atoms with Crippen LogP contribution >= 0.6 is 0 Å². The van der Waals surface area contributed by atoms with E-state index in [0.717, 1.165) is 24.0 Å². The number of hydrogen-bond donors (Lipinski definition) is 2. The molecule has 3 rings (SSSR count). The zero-order valence-electron chi connectivity index (χ0n) is 18.3. The van der Waals surface area contributed by atoms with Crippen LogP contribution in [0.25, 0.3) is 0 Å². The van der Waals surface area contributed by atoms with E-state index in [2.05, 4.69) is 24.1 Å². The number of nitrogens with two attached hydrogens (primary N) is 1. The Morgan fingerprint density at radius 2 is 1.90 bits per heavy atom. The molecule has 0 radical (unpaired) electrons. The Labute approximate surface area is 181 Å². The smallest absolute Gasteiger partial charge is 0.313 e. The molecule has 164 valence electrons. The van der Waals surface area contributed by atoms with Gasteiger partial charge in [-0.2, -0.15) is 0 Å². The van der Waals surface area contributed by atoms with Crippen molar-refractivity contribution in [2.24, 2.45) is 5.41 Å². The summed E-state index contributed by atoms with van der Waals surface area (Å²) in [5.74, 6) is -0.900. The van der Waals surface area contributed by atoms with E-state index in [1.807, 2.05) is 12.1 Å². The fraction of sp³-hybridized carbons (Fsp3) is 0.391. The van der Waals surface area contributed by atoms with Gasteiger partial charge in [-0.1, -0.05) is 26.0 Å². The van der Waals surface area contributed by atoms with Gasteiger partial charge in [0.25, 0.3) is 0 Å². The van der Waals surface area contributed by atoms with Crippen molar-refractivity contribution in [3.05, 3.63) is 47.7 Å². The second kappa shape index (κ2) is 8.75. The summed E-state index contributed by atoms with van der Waals surface area (Å²) in [4.78, 5) is 42.7. The molecule has 2 aromatic rings. The molecule has 0 saturated carbocycles. The number of piperidine rings is 1. The molecule has 1 saturated heterocycles. The molecule has 31 heavy (non-hydrogen) atoms. The molecule has 0 aliphatic carbocycles. The van der Waals surface area contributed by atoms with Gasteiger partial charge in [0.15, 0.2) is 0 Å². The van der Waals surface area contributed by atoms with E-state index < -0.39 is 17.8 Å². The topological polar surface area (TPSA) is 115 Å². The Hall–Kier alpha value is -3.42. The van der Waals surface area contributed by atoms with Crippen molar-refractivity contribution in [2.75, 3.05) is 17.6 Å². The Balaban J connectivity index is 1.81. The minimum Gasteiger partial charge on any atom is -0.427 e. The molecular formula is C23H28N4O4. The van der Waals surface area contributed by atoms with E-state index >= 15 is 0 Å². The predicted octanol–water partition coefficient (Wildman–Crippen LogP) is 3.23. The first-order valence-electron chi connectivity index (χ1n) is 10.2. The normalized spacial score (nSPS) is 17.7. The average molecular weight is 425 g/mol. The Morgan fingerprint density at radius 1 is 1.23 bits per heavy atom. The monoisotopic (exact) mass is 424 g/mol. The van der Waals surface area contributed by atoms with Crippen LogP contribution in [0.3, 0.4) is 0 Å². The molecule has 8 heteroatoms. The number of rotatable bonds is 3. The highest BCUT2D eigenvalue weighted by Gasteiger charge is 2.38. The van der Waals surface area contributed by atoms with Crippen molar-refractivity contribution >= 4 is 29.3 Å². The lowest BCUT2D eigenvalue weighted by Gasteiger charge is -2.43. The number of carbonyl (C=O) groups excluding carboxylic acids is 3. The number of aryl methyl sites for hydroxylation is 1. The number of ether oxygens (including phenoxy) is 1. The molecular weight excluding hydrogens is 396 g/mol. The fourth-order valence-electron chi connectivity index (χ4n) is 3.79. The third-order valence-electron chi connectivity index (χ3n) is 5.43. The van der Waals surface area contributed by atoms with E-state index in [1.54, 1.807) is 30.0 Å². The van der Waals surface area contributed by atoms with Crippen LogP contribution in [-0.2, 0) is 14.4 Å². The highest BCUT2D eigenvalue weighted by molar-refractivity contribution is 6.39. The molecule has 1 aliphatic heterocycles. The van der Waals surface area contributed by atoms with Crippen LogP contribution in [0.5, 0.6) is 5.75 Å². The Morgan fingerprint density at radius 3 is 2.52 bits per heavy atom. The first-order chi connectivity index (χ1) is 14.6. The average Bonchev–Trinajstić information content (AvgIpc) is 2.70. The van der Waals surface area contributed by atoms with Gasteiger partial charge in [-0.15, -0.1) is 0 Å². The summed E-state index contributed by atoms with van der Waals surface area (Å²) in [6, 6.07) is 8.48. The predicted molar refractivity (Wildman–Crippen MR) is 117 cm³/mol. The van der Waals surface area contributed by atoms with Gasteiger partial charge in [0, 0.05) is 13.5 Å². The first kappa shape index (κ1) is 22.3. The highest BCUT2D eigenvalue weighted by Crippen LogP contribution is 2.39. The fourth-order valence-corrected chi connectivity index (χ4v) is 3.79. The third kappa shape index (κ3) is 5.39. The summed E-state index contributed by atoms with van der Waals surface area (Å²) in [6.07, 6.45) is 3.07. The Kier molecular flexibility index (Phi) is 6.29. The second-order valence-corrected chi connectivity index (χ2v) is 8.69. The van der Waals surface area contributed by atoms with Crippen LogP contribution in [-0.4, -0.2) is 34.2 Å². The van der Waals surface area contributed by atoms with Crippen molar-refractivity contribution in [1.29, 1.82) is 0 Å².